The van der Waals surface area contributed by atoms with Crippen LogP contribution >= 0.6 is 0 Å². The number of para-hydroxylation sites is 1. The molecular weight excluding hydrogens is 340 g/mol. The molecule has 27 heavy (non-hydrogen) atoms. The van der Waals surface area contributed by atoms with Gasteiger partial charge in [0, 0.05) is 6.42 Å². The van der Waals surface area contributed by atoms with Gasteiger partial charge >= 0.3 is 5.97 Å². The molecule has 4 heteroatoms. The lowest BCUT2D eigenvalue weighted by Gasteiger charge is -2.09. The summed E-state index contributed by atoms with van der Waals surface area (Å²) in [6.45, 7) is 1.24. The summed E-state index contributed by atoms with van der Waals surface area (Å²) in [7, 11) is 0. The van der Waals surface area contributed by atoms with Gasteiger partial charge in [-0.05, 0) is 42.0 Å². The lowest BCUT2D eigenvalue weighted by atomic mass is 10.2. The number of rotatable bonds is 9. The van der Waals surface area contributed by atoms with Gasteiger partial charge in [-0.2, -0.15) is 0 Å². The van der Waals surface area contributed by atoms with E-state index in [2.05, 4.69) is 0 Å². The summed E-state index contributed by atoms with van der Waals surface area (Å²) in [6.07, 6.45) is 0.704. The Morgan fingerprint density at radius 3 is 1.81 bits per heavy atom. The monoisotopic (exact) mass is 362 g/mol. The predicted molar refractivity (Wildman–Crippen MR) is 104 cm³/mol. The Balaban J connectivity index is 1.38. The molecule has 3 rings (SSSR count). The summed E-state index contributed by atoms with van der Waals surface area (Å²) in [4.78, 5) is 12.1. The molecule has 0 radical (unpaired) electrons. The van der Waals surface area contributed by atoms with Gasteiger partial charge in [-0.25, -0.2) is 4.79 Å². The normalized spacial score (nSPS) is 10.2. The van der Waals surface area contributed by atoms with Crippen LogP contribution in [0.1, 0.15) is 15.9 Å². The first-order valence-electron chi connectivity index (χ1n) is 8.93. The van der Waals surface area contributed by atoms with E-state index in [4.69, 9.17) is 14.2 Å². The van der Waals surface area contributed by atoms with Gasteiger partial charge in [-0.1, -0.05) is 48.5 Å². The van der Waals surface area contributed by atoms with Gasteiger partial charge in [0.2, 0.25) is 0 Å². The smallest absolute Gasteiger partial charge is 0.338 e. The Morgan fingerprint density at radius 1 is 0.630 bits per heavy atom. The van der Waals surface area contributed by atoms with Crippen LogP contribution in [0, 0.1) is 0 Å². The van der Waals surface area contributed by atoms with E-state index in [9.17, 15) is 4.79 Å². The van der Waals surface area contributed by atoms with Crippen LogP contribution in [0.5, 0.6) is 11.5 Å². The molecule has 0 aliphatic rings. The first-order valence-corrected chi connectivity index (χ1v) is 8.93. The lowest BCUT2D eigenvalue weighted by molar-refractivity contribution is 0.0509. The molecule has 4 nitrogen and oxygen atoms in total. The molecule has 0 atom stereocenters. The zero-order chi connectivity index (χ0) is 18.7. The average Bonchev–Trinajstić information content (AvgIpc) is 2.73. The first kappa shape index (κ1) is 18.5. The maximum Gasteiger partial charge on any atom is 0.338 e. The summed E-state index contributed by atoms with van der Waals surface area (Å²) in [5.74, 6) is 1.17. The predicted octanol–water partition coefficient (Wildman–Crippen LogP) is 4.54. The molecule has 138 valence electrons. The standard InChI is InChI=1S/C23H22O4/c24-23(27-16-15-19-7-3-1-4-8-19)20-11-13-22(14-12-20)26-18-17-25-21-9-5-2-6-10-21/h1-14H,15-18H2. The third-order valence-corrected chi connectivity index (χ3v) is 3.92. The molecule has 0 N–H and O–H groups in total. The van der Waals surface area contributed by atoms with Gasteiger partial charge < -0.3 is 14.2 Å². The number of benzene rings is 3. The van der Waals surface area contributed by atoms with Crippen LogP contribution in [-0.4, -0.2) is 25.8 Å². The maximum absolute atomic E-state index is 12.1. The second kappa shape index (κ2) is 10.0. The largest absolute Gasteiger partial charge is 0.490 e. The molecule has 3 aromatic carbocycles. The Morgan fingerprint density at radius 2 is 1.19 bits per heavy atom. The summed E-state index contributed by atoms with van der Waals surface area (Å²) in [5, 5.41) is 0. The second-order valence-corrected chi connectivity index (χ2v) is 5.91. The van der Waals surface area contributed by atoms with Gasteiger partial charge in [-0.3, -0.25) is 0 Å². The van der Waals surface area contributed by atoms with Crippen molar-refractivity contribution in [2.45, 2.75) is 6.42 Å². The highest BCUT2D eigenvalue weighted by atomic mass is 16.5. The fourth-order valence-corrected chi connectivity index (χ4v) is 2.51. The van der Waals surface area contributed by atoms with Crippen LogP contribution in [0.25, 0.3) is 0 Å². The molecule has 0 saturated carbocycles. The van der Waals surface area contributed by atoms with Crippen LogP contribution in [0.4, 0.5) is 0 Å². The van der Waals surface area contributed by atoms with Crippen LogP contribution in [0.3, 0.4) is 0 Å². The van der Waals surface area contributed by atoms with E-state index in [0.717, 1.165) is 11.3 Å². The third kappa shape index (κ3) is 6.19. The van der Waals surface area contributed by atoms with E-state index in [0.29, 0.717) is 37.6 Å². The minimum atomic E-state index is -0.329. The zero-order valence-electron chi connectivity index (χ0n) is 15.0. The van der Waals surface area contributed by atoms with Crippen molar-refractivity contribution in [3.8, 4) is 11.5 Å². The Kier molecular flexibility index (Phi) is 6.87. The molecule has 0 aliphatic heterocycles. The summed E-state index contributed by atoms with van der Waals surface area (Å²) >= 11 is 0. The van der Waals surface area contributed by atoms with Crippen LogP contribution in [-0.2, 0) is 11.2 Å². The van der Waals surface area contributed by atoms with Crippen molar-refractivity contribution in [3.05, 3.63) is 96.1 Å². The van der Waals surface area contributed by atoms with Crippen molar-refractivity contribution in [1.29, 1.82) is 0 Å². The number of esters is 1. The van der Waals surface area contributed by atoms with Crippen molar-refractivity contribution < 1.29 is 19.0 Å². The molecule has 0 unspecified atom stereocenters. The van der Waals surface area contributed by atoms with E-state index >= 15 is 0 Å². The van der Waals surface area contributed by atoms with E-state index in [1.54, 1.807) is 24.3 Å². The molecule has 0 amide bonds. The van der Waals surface area contributed by atoms with Crippen molar-refractivity contribution in [2.24, 2.45) is 0 Å². The van der Waals surface area contributed by atoms with Crippen molar-refractivity contribution in [2.75, 3.05) is 19.8 Å². The Hall–Kier alpha value is -3.27. The van der Waals surface area contributed by atoms with Crippen molar-refractivity contribution in [1.82, 2.24) is 0 Å². The van der Waals surface area contributed by atoms with E-state index in [1.807, 2.05) is 60.7 Å². The SMILES string of the molecule is O=C(OCCc1ccccc1)c1ccc(OCCOc2ccccc2)cc1. The highest BCUT2D eigenvalue weighted by molar-refractivity contribution is 5.89. The fourth-order valence-electron chi connectivity index (χ4n) is 2.51. The Bertz CT molecular complexity index is 814. The topological polar surface area (TPSA) is 44.8 Å². The van der Waals surface area contributed by atoms with Gasteiger partial charge in [0.25, 0.3) is 0 Å². The summed E-state index contributed by atoms with van der Waals surface area (Å²) < 4.78 is 16.5. The lowest BCUT2D eigenvalue weighted by Crippen LogP contribution is -2.10. The molecule has 0 saturated heterocycles. The third-order valence-electron chi connectivity index (χ3n) is 3.92. The number of hydrogen-bond donors (Lipinski definition) is 0. The van der Waals surface area contributed by atoms with Gasteiger partial charge in [0.1, 0.15) is 24.7 Å². The minimum Gasteiger partial charge on any atom is -0.490 e. The highest BCUT2D eigenvalue weighted by Crippen LogP contribution is 2.14. The highest BCUT2D eigenvalue weighted by Gasteiger charge is 2.07. The van der Waals surface area contributed by atoms with E-state index < -0.39 is 0 Å². The molecule has 0 spiro atoms. The molecule has 0 fully saturated rings. The summed E-state index contributed by atoms with van der Waals surface area (Å²) in [6, 6.07) is 26.5. The molecule has 0 aliphatic carbocycles. The number of ether oxygens (including phenoxy) is 3. The van der Waals surface area contributed by atoms with Crippen LogP contribution in [0.2, 0.25) is 0 Å². The van der Waals surface area contributed by atoms with Gasteiger partial charge in [0.05, 0.1) is 12.2 Å². The maximum atomic E-state index is 12.1. The van der Waals surface area contributed by atoms with E-state index in [1.165, 1.54) is 0 Å². The zero-order valence-corrected chi connectivity index (χ0v) is 15.0. The van der Waals surface area contributed by atoms with Gasteiger partial charge in [0.15, 0.2) is 0 Å². The van der Waals surface area contributed by atoms with Crippen molar-refractivity contribution in [3.63, 3.8) is 0 Å². The van der Waals surface area contributed by atoms with E-state index in [-0.39, 0.29) is 5.97 Å². The first-order chi connectivity index (χ1) is 13.3. The Labute approximate surface area is 159 Å². The molecule has 0 aromatic heterocycles. The summed E-state index contributed by atoms with van der Waals surface area (Å²) in [5.41, 5.74) is 1.66. The van der Waals surface area contributed by atoms with Gasteiger partial charge in [-0.15, -0.1) is 0 Å². The van der Waals surface area contributed by atoms with Crippen LogP contribution in [0.15, 0.2) is 84.9 Å². The fraction of sp³-hybridized carbons (Fsp3) is 0.174. The van der Waals surface area contributed by atoms with Crippen molar-refractivity contribution >= 4 is 5.97 Å². The number of carbonyl (C=O) groups is 1. The second-order valence-electron chi connectivity index (χ2n) is 5.91. The molecule has 0 heterocycles. The molecular formula is C23H22O4. The number of hydrogen-bond acceptors (Lipinski definition) is 4. The minimum absolute atomic E-state index is 0.329. The molecule has 3 aromatic rings. The quantitative estimate of drug-likeness (QED) is 0.414. The van der Waals surface area contributed by atoms with Crippen LogP contribution < -0.4 is 9.47 Å². The average molecular weight is 362 g/mol. The number of carbonyl (C=O) groups excluding carboxylic acids is 1. The molecule has 0 bridgehead atoms.